The fraction of sp³-hybridized carbons (Fsp3) is 0.421. The van der Waals surface area contributed by atoms with Crippen LogP contribution in [0.1, 0.15) is 24.6 Å². The van der Waals surface area contributed by atoms with Gasteiger partial charge in [-0.2, -0.15) is 4.31 Å². The Morgan fingerprint density at radius 3 is 2.35 bits per heavy atom. The summed E-state index contributed by atoms with van der Waals surface area (Å²) in [6.45, 7) is 5.25. The second kappa shape index (κ2) is 7.90. The molecule has 2 aromatic rings. The number of amides is 1. The summed E-state index contributed by atoms with van der Waals surface area (Å²) in [6, 6.07) is 13.1. The van der Waals surface area contributed by atoms with Gasteiger partial charge in [0.05, 0.1) is 0 Å². The zero-order valence-electron chi connectivity index (χ0n) is 15.1. The molecule has 0 spiro atoms. The zero-order valence-corrected chi connectivity index (χ0v) is 16.7. The molecule has 2 heterocycles. The maximum atomic E-state index is 12.9. The van der Waals surface area contributed by atoms with Gasteiger partial charge in [0, 0.05) is 36.1 Å². The number of aryl methyl sites for hydroxylation is 1. The molecule has 0 unspecified atom stereocenters. The van der Waals surface area contributed by atoms with E-state index in [0.717, 1.165) is 10.6 Å². The third-order valence-electron chi connectivity index (χ3n) is 4.76. The Bertz CT molecular complexity index is 854. The summed E-state index contributed by atoms with van der Waals surface area (Å²) in [5.41, 5.74) is 0.893. The molecule has 1 aromatic carbocycles. The van der Waals surface area contributed by atoms with Crippen molar-refractivity contribution in [3.8, 4) is 0 Å². The van der Waals surface area contributed by atoms with Crippen molar-refractivity contribution in [2.24, 2.45) is 5.92 Å². The van der Waals surface area contributed by atoms with E-state index < -0.39 is 10.0 Å². The lowest BCUT2D eigenvalue weighted by Crippen LogP contribution is -2.44. The predicted molar refractivity (Wildman–Crippen MR) is 105 cm³/mol. The Morgan fingerprint density at radius 1 is 1.15 bits per heavy atom. The number of thiophene rings is 1. The molecule has 0 saturated carbocycles. The molecular weight excluding hydrogens is 368 g/mol. The Kier molecular flexibility index (Phi) is 5.79. The number of rotatable bonds is 5. The number of hydrogen-bond donors (Lipinski definition) is 0. The molecule has 0 bridgehead atoms. The van der Waals surface area contributed by atoms with E-state index in [4.69, 9.17) is 0 Å². The molecule has 1 saturated heterocycles. The van der Waals surface area contributed by atoms with Gasteiger partial charge in [0.15, 0.2) is 0 Å². The first-order valence-electron chi connectivity index (χ1n) is 8.86. The molecule has 0 aliphatic carbocycles. The van der Waals surface area contributed by atoms with Gasteiger partial charge >= 0.3 is 0 Å². The number of carbonyl (C=O) groups is 1. The smallest absolute Gasteiger partial charge is 0.252 e. The maximum Gasteiger partial charge on any atom is 0.252 e. The number of sulfonamides is 1. The third-order valence-corrected chi connectivity index (χ3v) is 8.13. The van der Waals surface area contributed by atoms with Crippen LogP contribution in [0.25, 0.3) is 0 Å². The van der Waals surface area contributed by atoms with E-state index in [2.05, 4.69) is 0 Å². The van der Waals surface area contributed by atoms with Crippen molar-refractivity contribution in [2.75, 3.05) is 24.5 Å². The molecule has 0 radical (unpaired) electrons. The standard InChI is InChI=1S/C19H24N2O3S2/c1-3-21(17-7-5-4-6-8-17)19(22)16-11-13-20(14-12-16)26(23,24)18-10-9-15(2)25-18/h4-10,16H,3,11-14H2,1-2H3. The van der Waals surface area contributed by atoms with Crippen molar-refractivity contribution in [2.45, 2.75) is 30.9 Å². The highest BCUT2D eigenvalue weighted by molar-refractivity contribution is 7.91. The van der Waals surface area contributed by atoms with Crippen molar-refractivity contribution < 1.29 is 13.2 Å². The summed E-state index contributed by atoms with van der Waals surface area (Å²) in [5, 5.41) is 0. The first-order chi connectivity index (χ1) is 12.4. The van der Waals surface area contributed by atoms with Crippen LogP contribution in [0.4, 0.5) is 5.69 Å². The topological polar surface area (TPSA) is 57.7 Å². The average molecular weight is 393 g/mol. The molecule has 1 fully saturated rings. The Labute approximate surface area is 159 Å². The van der Waals surface area contributed by atoms with Gasteiger partial charge in [0.1, 0.15) is 4.21 Å². The zero-order chi connectivity index (χ0) is 18.7. The summed E-state index contributed by atoms with van der Waals surface area (Å²) >= 11 is 1.30. The van der Waals surface area contributed by atoms with Crippen molar-refractivity contribution in [1.29, 1.82) is 0 Å². The highest BCUT2D eigenvalue weighted by Crippen LogP contribution is 2.29. The molecule has 0 N–H and O–H groups in total. The first-order valence-corrected chi connectivity index (χ1v) is 11.1. The van der Waals surface area contributed by atoms with Crippen LogP contribution >= 0.6 is 11.3 Å². The summed E-state index contributed by atoms with van der Waals surface area (Å²) < 4.78 is 27.4. The summed E-state index contributed by atoms with van der Waals surface area (Å²) in [5.74, 6) is -0.0469. The monoisotopic (exact) mass is 392 g/mol. The summed E-state index contributed by atoms with van der Waals surface area (Å²) in [7, 11) is -3.44. The second-order valence-corrected chi connectivity index (χ2v) is 9.91. The first kappa shape index (κ1) is 19.1. The quantitative estimate of drug-likeness (QED) is 0.782. The highest BCUT2D eigenvalue weighted by Gasteiger charge is 2.34. The van der Waals surface area contributed by atoms with Gasteiger partial charge in [-0.25, -0.2) is 8.42 Å². The van der Waals surface area contributed by atoms with E-state index in [1.807, 2.05) is 50.2 Å². The third kappa shape index (κ3) is 3.84. The molecule has 0 atom stereocenters. The number of nitrogens with zero attached hydrogens (tertiary/aromatic N) is 2. The molecule has 1 aliphatic heterocycles. The fourth-order valence-electron chi connectivity index (χ4n) is 3.32. The molecule has 1 amide bonds. The summed E-state index contributed by atoms with van der Waals surface area (Å²) in [6.07, 6.45) is 1.12. The van der Waals surface area contributed by atoms with Crippen molar-refractivity contribution in [1.82, 2.24) is 4.31 Å². The molecule has 5 nitrogen and oxygen atoms in total. The van der Waals surface area contributed by atoms with Crippen LogP contribution < -0.4 is 4.90 Å². The van der Waals surface area contributed by atoms with E-state index in [1.54, 1.807) is 11.0 Å². The molecule has 26 heavy (non-hydrogen) atoms. The largest absolute Gasteiger partial charge is 0.312 e. The number of hydrogen-bond acceptors (Lipinski definition) is 4. The number of para-hydroxylation sites is 1. The molecule has 140 valence electrons. The fourth-order valence-corrected chi connectivity index (χ4v) is 6.22. The molecular formula is C19H24N2O3S2. The van der Waals surface area contributed by atoms with E-state index >= 15 is 0 Å². The number of benzene rings is 1. The van der Waals surface area contributed by atoms with Gasteiger partial charge in [-0.1, -0.05) is 18.2 Å². The highest BCUT2D eigenvalue weighted by atomic mass is 32.2. The lowest BCUT2D eigenvalue weighted by atomic mass is 9.96. The Morgan fingerprint density at radius 2 is 1.81 bits per heavy atom. The van der Waals surface area contributed by atoms with Crippen LogP contribution in [0.2, 0.25) is 0 Å². The van der Waals surface area contributed by atoms with Crippen LogP contribution in [0.5, 0.6) is 0 Å². The minimum atomic E-state index is -3.44. The van der Waals surface area contributed by atoms with Gasteiger partial charge in [0.2, 0.25) is 5.91 Å². The number of anilines is 1. The van der Waals surface area contributed by atoms with E-state index in [0.29, 0.717) is 36.7 Å². The lowest BCUT2D eigenvalue weighted by Gasteiger charge is -2.33. The van der Waals surface area contributed by atoms with Crippen LogP contribution in [0.3, 0.4) is 0 Å². The molecule has 1 aromatic heterocycles. The van der Waals surface area contributed by atoms with Crippen LogP contribution in [0.15, 0.2) is 46.7 Å². The molecule has 1 aliphatic rings. The second-order valence-electron chi connectivity index (χ2n) is 6.46. The molecule has 7 heteroatoms. The van der Waals surface area contributed by atoms with Gasteiger partial charge in [-0.15, -0.1) is 11.3 Å². The van der Waals surface area contributed by atoms with Crippen molar-refractivity contribution in [3.63, 3.8) is 0 Å². The Hall–Kier alpha value is -1.70. The van der Waals surface area contributed by atoms with Crippen LogP contribution in [-0.4, -0.2) is 38.3 Å². The predicted octanol–water partition coefficient (Wildman–Crippen LogP) is 3.51. The van der Waals surface area contributed by atoms with Crippen LogP contribution in [0, 0.1) is 12.8 Å². The normalized spacial score (nSPS) is 16.5. The van der Waals surface area contributed by atoms with Crippen molar-refractivity contribution in [3.05, 3.63) is 47.3 Å². The van der Waals surface area contributed by atoms with E-state index in [9.17, 15) is 13.2 Å². The van der Waals surface area contributed by atoms with Crippen LogP contribution in [-0.2, 0) is 14.8 Å². The summed E-state index contributed by atoms with van der Waals surface area (Å²) in [4.78, 5) is 15.7. The van der Waals surface area contributed by atoms with E-state index in [-0.39, 0.29) is 11.8 Å². The van der Waals surface area contributed by atoms with Gasteiger partial charge in [-0.05, 0) is 51.0 Å². The average Bonchev–Trinajstić information content (AvgIpc) is 3.10. The Balaban J connectivity index is 1.67. The SMILES string of the molecule is CCN(C(=O)C1CCN(S(=O)(=O)c2ccc(C)s2)CC1)c1ccccc1. The van der Waals surface area contributed by atoms with Gasteiger partial charge in [-0.3, -0.25) is 4.79 Å². The maximum absolute atomic E-state index is 12.9. The van der Waals surface area contributed by atoms with Gasteiger partial charge < -0.3 is 4.90 Å². The van der Waals surface area contributed by atoms with Gasteiger partial charge in [0.25, 0.3) is 10.0 Å². The minimum absolute atomic E-state index is 0.0858. The van der Waals surface area contributed by atoms with E-state index in [1.165, 1.54) is 15.6 Å². The number of piperidine rings is 1. The molecule has 3 rings (SSSR count). The van der Waals surface area contributed by atoms with Crippen molar-refractivity contribution >= 4 is 33.0 Å². The minimum Gasteiger partial charge on any atom is -0.312 e. The lowest BCUT2D eigenvalue weighted by molar-refractivity contribution is -0.123. The number of carbonyl (C=O) groups excluding carboxylic acids is 1.